The maximum Gasteiger partial charge on any atom is 0.155 e. The lowest BCUT2D eigenvalue weighted by atomic mass is 9.98. The van der Waals surface area contributed by atoms with Gasteiger partial charge in [0, 0.05) is 18.1 Å². The van der Waals surface area contributed by atoms with E-state index in [1.807, 2.05) is 0 Å². The van der Waals surface area contributed by atoms with Crippen LogP contribution in [-0.2, 0) is 5.54 Å². The van der Waals surface area contributed by atoms with Crippen molar-refractivity contribution in [3.8, 4) is 0 Å². The smallest absolute Gasteiger partial charge is 0.155 e. The molecule has 2 aromatic heterocycles. The van der Waals surface area contributed by atoms with Gasteiger partial charge in [-0.15, -0.1) is 11.8 Å². The Morgan fingerprint density at radius 2 is 1.94 bits per heavy atom. The number of rotatable bonds is 1. The van der Waals surface area contributed by atoms with Crippen LogP contribution in [0.3, 0.4) is 0 Å². The van der Waals surface area contributed by atoms with Gasteiger partial charge in [0.05, 0.1) is 10.6 Å². The molecule has 2 aromatic rings. The summed E-state index contributed by atoms with van der Waals surface area (Å²) >= 11 is 1.54. The number of thioether (sulfide) groups is 1. The highest BCUT2D eigenvalue weighted by Crippen LogP contribution is 2.43. The quantitative estimate of drug-likeness (QED) is 0.738. The molecule has 17 heavy (non-hydrogen) atoms. The molecule has 3 heterocycles. The van der Waals surface area contributed by atoms with E-state index in [2.05, 4.69) is 19.9 Å². The topological polar surface area (TPSA) is 104 Å². The fourth-order valence-electron chi connectivity index (χ4n) is 1.80. The first-order valence-electron chi connectivity index (χ1n) is 5.02. The van der Waals surface area contributed by atoms with E-state index in [-0.39, 0.29) is 0 Å². The third-order valence-corrected chi connectivity index (χ3v) is 3.95. The van der Waals surface area contributed by atoms with Crippen LogP contribution in [0.15, 0.2) is 29.7 Å². The molecule has 0 saturated carbocycles. The van der Waals surface area contributed by atoms with Crippen LogP contribution in [-0.4, -0.2) is 25.7 Å². The van der Waals surface area contributed by atoms with Crippen LogP contribution in [0.5, 0.6) is 0 Å². The molecule has 0 amide bonds. The molecule has 7 heteroatoms. The average molecular weight is 246 g/mol. The van der Waals surface area contributed by atoms with Crippen LogP contribution in [0, 0.1) is 0 Å². The second-order valence-corrected chi connectivity index (χ2v) is 4.75. The van der Waals surface area contributed by atoms with Crippen molar-refractivity contribution in [3.05, 3.63) is 36.3 Å². The Balaban J connectivity index is 2.18. The number of aromatic nitrogens is 4. The van der Waals surface area contributed by atoms with Crippen LogP contribution in [0.4, 0.5) is 5.82 Å². The van der Waals surface area contributed by atoms with Gasteiger partial charge in [0.15, 0.2) is 5.82 Å². The number of anilines is 1. The Labute approximate surface area is 102 Å². The highest BCUT2D eigenvalue weighted by Gasteiger charge is 2.42. The molecule has 1 aliphatic heterocycles. The molecule has 0 aromatic carbocycles. The molecule has 0 spiro atoms. The summed E-state index contributed by atoms with van der Waals surface area (Å²) in [5, 5.41) is 0. The van der Waals surface area contributed by atoms with Gasteiger partial charge < -0.3 is 11.5 Å². The zero-order valence-electron chi connectivity index (χ0n) is 8.87. The standard InChI is InChI=1S/C10H10N6S/c11-8-6-7(15-5-16-8)10(12,4-17-6)9-13-2-1-3-14-9/h1-3,5H,4,12H2,(H2,11,15,16). The summed E-state index contributed by atoms with van der Waals surface area (Å²) in [7, 11) is 0. The van der Waals surface area contributed by atoms with E-state index in [0.717, 1.165) is 4.90 Å². The SMILES string of the molecule is Nc1ncnc2c1SCC2(N)c1ncccn1. The van der Waals surface area contributed by atoms with E-state index < -0.39 is 5.54 Å². The third-order valence-electron chi connectivity index (χ3n) is 2.66. The van der Waals surface area contributed by atoms with E-state index in [4.69, 9.17) is 11.5 Å². The third kappa shape index (κ3) is 1.47. The second kappa shape index (κ2) is 3.64. The summed E-state index contributed by atoms with van der Waals surface area (Å²) in [5.41, 5.74) is 12.1. The number of nitrogens with zero attached hydrogens (tertiary/aromatic N) is 4. The lowest BCUT2D eigenvalue weighted by Crippen LogP contribution is -2.40. The van der Waals surface area contributed by atoms with Crippen molar-refractivity contribution in [2.24, 2.45) is 5.73 Å². The Hall–Kier alpha value is -1.73. The molecule has 1 aliphatic rings. The molecule has 6 nitrogen and oxygen atoms in total. The summed E-state index contributed by atoms with van der Waals surface area (Å²) in [4.78, 5) is 17.4. The summed E-state index contributed by atoms with van der Waals surface area (Å²) in [6.45, 7) is 0. The first kappa shape index (κ1) is 10.4. The number of nitrogens with two attached hydrogens (primary N) is 2. The maximum absolute atomic E-state index is 6.37. The zero-order chi connectivity index (χ0) is 11.9. The van der Waals surface area contributed by atoms with E-state index in [0.29, 0.717) is 23.1 Å². The van der Waals surface area contributed by atoms with Gasteiger partial charge in [-0.05, 0) is 6.07 Å². The number of hydrogen-bond donors (Lipinski definition) is 2. The number of nitrogen functional groups attached to an aromatic ring is 1. The monoisotopic (exact) mass is 246 g/mol. The first-order valence-corrected chi connectivity index (χ1v) is 6.00. The van der Waals surface area contributed by atoms with Gasteiger partial charge in [-0.2, -0.15) is 0 Å². The summed E-state index contributed by atoms with van der Waals surface area (Å²) in [6, 6.07) is 1.75. The van der Waals surface area contributed by atoms with Gasteiger partial charge in [-0.3, -0.25) is 0 Å². The fourth-order valence-corrected chi connectivity index (χ4v) is 3.01. The highest BCUT2D eigenvalue weighted by molar-refractivity contribution is 7.99. The van der Waals surface area contributed by atoms with Crippen molar-refractivity contribution in [2.75, 3.05) is 11.5 Å². The molecule has 86 valence electrons. The predicted molar refractivity (Wildman–Crippen MR) is 64.2 cm³/mol. The largest absolute Gasteiger partial charge is 0.383 e. The molecule has 4 N–H and O–H groups in total. The Morgan fingerprint density at radius 3 is 2.71 bits per heavy atom. The predicted octanol–water partition coefficient (Wildman–Crippen LogP) is 0.157. The minimum Gasteiger partial charge on any atom is -0.383 e. The van der Waals surface area contributed by atoms with Crippen molar-refractivity contribution in [2.45, 2.75) is 10.4 Å². The van der Waals surface area contributed by atoms with E-state index in [1.54, 1.807) is 30.2 Å². The molecular formula is C10H10N6S. The molecule has 0 saturated heterocycles. The Bertz CT molecular complexity index is 560. The highest BCUT2D eigenvalue weighted by atomic mass is 32.2. The normalized spacial score (nSPS) is 22.4. The molecule has 0 radical (unpaired) electrons. The lowest BCUT2D eigenvalue weighted by Gasteiger charge is -2.20. The summed E-state index contributed by atoms with van der Waals surface area (Å²) < 4.78 is 0. The van der Waals surface area contributed by atoms with Gasteiger partial charge in [0.25, 0.3) is 0 Å². The molecular weight excluding hydrogens is 236 g/mol. The summed E-state index contributed by atoms with van der Waals surface area (Å²) in [5.74, 6) is 1.64. The Morgan fingerprint density at radius 1 is 1.18 bits per heavy atom. The minimum absolute atomic E-state index is 0.461. The van der Waals surface area contributed by atoms with Gasteiger partial charge in [0.2, 0.25) is 0 Å². The van der Waals surface area contributed by atoms with Crippen molar-refractivity contribution in [1.82, 2.24) is 19.9 Å². The first-order chi connectivity index (χ1) is 8.22. The van der Waals surface area contributed by atoms with Crippen molar-refractivity contribution >= 4 is 17.6 Å². The molecule has 1 atom stereocenters. The van der Waals surface area contributed by atoms with Crippen molar-refractivity contribution in [1.29, 1.82) is 0 Å². The van der Waals surface area contributed by atoms with E-state index >= 15 is 0 Å². The van der Waals surface area contributed by atoms with Crippen LogP contribution in [0.2, 0.25) is 0 Å². The summed E-state index contributed by atoms with van der Waals surface area (Å²) in [6.07, 6.45) is 4.76. The number of hydrogen-bond acceptors (Lipinski definition) is 7. The molecule has 0 bridgehead atoms. The molecule has 3 rings (SSSR count). The molecule has 1 unspecified atom stereocenters. The minimum atomic E-state index is -0.779. The average Bonchev–Trinajstić information content (AvgIpc) is 2.72. The van der Waals surface area contributed by atoms with Crippen LogP contribution >= 0.6 is 11.8 Å². The number of fused-ring (bicyclic) bond motifs is 1. The molecule has 0 fully saturated rings. The van der Waals surface area contributed by atoms with Crippen molar-refractivity contribution in [3.63, 3.8) is 0 Å². The van der Waals surface area contributed by atoms with Gasteiger partial charge in [0.1, 0.15) is 17.7 Å². The van der Waals surface area contributed by atoms with Crippen LogP contribution in [0.1, 0.15) is 11.5 Å². The van der Waals surface area contributed by atoms with E-state index in [9.17, 15) is 0 Å². The molecule has 0 aliphatic carbocycles. The van der Waals surface area contributed by atoms with Crippen LogP contribution < -0.4 is 11.5 Å². The van der Waals surface area contributed by atoms with Gasteiger partial charge in [-0.25, -0.2) is 19.9 Å². The van der Waals surface area contributed by atoms with Crippen molar-refractivity contribution < 1.29 is 0 Å². The maximum atomic E-state index is 6.37. The second-order valence-electron chi connectivity index (χ2n) is 3.77. The van der Waals surface area contributed by atoms with Gasteiger partial charge >= 0.3 is 0 Å². The fraction of sp³-hybridized carbons (Fsp3) is 0.200. The Kier molecular flexibility index (Phi) is 2.23. The zero-order valence-corrected chi connectivity index (χ0v) is 9.68. The van der Waals surface area contributed by atoms with Gasteiger partial charge in [-0.1, -0.05) is 0 Å². The lowest BCUT2D eigenvalue weighted by molar-refractivity contribution is 0.549. The van der Waals surface area contributed by atoms with Crippen LogP contribution in [0.25, 0.3) is 0 Å². The van der Waals surface area contributed by atoms with E-state index in [1.165, 1.54) is 6.33 Å².